The van der Waals surface area contributed by atoms with Crippen molar-refractivity contribution >= 4 is 35.7 Å². The second-order valence-corrected chi connectivity index (χ2v) is 4.05. The van der Waals surface area contributed by atoms with Crippen LogP contribution in [0.5, 0.6) is 0 Å². The lowest BCUT2D eigenvalue weighted by atomic mass is 11.0. The molecule has 0 saturated carbocycles. The monoisotopic (exact) mass is 177 g/mol. The summed E-state index contributed by atoms with van der Waals surface area (Å²) in [7, 11) is 0. The Morgan fingerprint density at radius 3 is 3.22 bits per heavy atom. The first-order valence-electron chi connectivity index (χ1n) is 2.56. The quantitative estimate of drug-likeness (QED) is 0.561. The highest BCUT2D eigenvalue weighted by atomic mass is 32.2. The lowest BCUT2D eigenvalue weighted by molar-refractivity contribution is 1.25. The second kappa shape index (κ2) is 4.19. The molecular formula is C5H7NS3. The molecule has 0 N–H and O–H groups in total. The summed E-state index contributed by atoms with van der Waals surface area (Å²) in [6.07, 6.45) is 1.82. The van der Waals surface area contributed by atoms with Crippen LogP contribution in [0.1, 0.15) is 0 Å². The van der Waals surface area contributed by atoms with Crippen LogP contribution in [0.15, 0.2) is 15.9 Å². The Labute approximate surface area is 68.3 Å². The molecule has 1 nitrogen and oxygen atoms in total. The number of thiol groups is 1. The van der Waals surface area contributed by atoms with Crippen LogP contribution in [0.2, 0.25) is 0 Å². The molecule has 1 rings (SSSR count). The van der Waals surface area contributed by atoms with Crippen LogP contribution < -0.4 is 0 Å². The minimum Gasteiger partial charge on any atom is -0.238 e. The van der Waals surface area contributed by atoms with E-state index in [9.17, 15) is 0 Å². The van der Waals surface area contributed by atoms with E-state index >= 15 is 0 Å². The second-order valence-electron chi connectivity index (χ2n) is 1.37. The van der Waals surface area contributed by atoms with Gasteiger partial charge in [0.05, 0.1) is 0 Å². The van der Waals surface area contributed by atoms with Crippen molar-refractivity contribution < 1.29 is 0 Å². The molecule has 0 bridgehead atoms. The van der Waals surface area contributed by atoms with Crippen molar-refractivity contribution in [2.24, 2.45) is 0 Å². The highest BCUT2D eigenvalue weighted by Gasteiger charge is 1.92. The summed E-state index contributed by atoms with van der Waals surface area (Å²) >= 11 is 7.53. The molecule has 0 aromatic carbocycles. The van der Waals surface area contributed by atoms with E-state index in [4.69, 9.17) is 0 Å². The lowest BCUT2D eigenvalue weighted by Gasteiger charge is -1.88. The van der Waals surface area contributed by atoms with E-state index in [1.807, 2.05) is 11.6 Å². The Morgan fingerprint density at radius 2 is 2.67 bits per heavy atom. The Bertz CT molecular complexity index is 149. The molecule has 4 heteroatoms. The Hall–Kier alpha value is 0.330. The molecule has 0 aliphatic carbocycles. The first-order valence-corrected chi connectivity index (χ1v) is 5.06. The van der Waals surface area contributed by atoms with E-state index in [-0.39, 0.29) is 0 Å². The van der Waals surface area contributed by atoms with Crippen LogP contribution in [0, 0.1) is 0 Å². The molecule has 1 aromatic rings. The number of hydrogen-bond donors (Lipinski definition) is 1. The molecule has 0 aliphatic heterocycles. The molecule has 0 aliphatic rings. The zero-order valence-corrected chi connectivity index (χ0v) is 7.31. The smallest absolute Gasteiger partial charge is 0.149 e. The molecule has 1 aromatic heterocycles. The molecule has 9 heavy (non-hydrogen) atoms. The van der Waals surface area contributed by atoms with Crippen LogP contribution in [-0.2, 0) is 0 Å². The lowest BCUT2D eigenvalue weighted by Crippen LogP contribution is -1.76. The van der Waals surface area contributed by atoms with Crippen molar-refractivity contribution in [2.45, 2.75) is 4.34 Å². The number of nitrogens with zero attached hydrogens (tertiary/aromatic N) is 1. The molecule has 1 heterocycles. The number of hydrogen-bond acceptors (Lipinski definition) is 4. The average Bonchev–Trinajstić information content (AvgIpc) is 2.34. The molecule has 0 amide bonds. The summed E-state index contributed by atoms with van der Waals surface area (Å²) in [5.74, 6) is 1.97. The van der Waals surface area contributed by atoms with Crippen molar-refractivity contribution in [3.8, 4) is 0 Å². The van der Waals surface area contributed by atoms with Gasteiger partial charge in [0, 0.05) is 17.3 Å². The van der Waals surface area contributed by atoms with Gasteiger partial charge in [-0.2, -0.15) is 12.6 Å². The SMILES string of the molecule is SCCSc1nccs1. The predicted octanol–water partition coefficient (Wildman–Crippen LogP) is 2.17. The van der Waals surface area contributed by atoms with Crippen LogP contribution in [0.25, 0.3) is 0 Å². The Kier molecular flexibility index (Phi) is 3.47. The maximum Gasteiger partial charge on any atom is 0.149 e. The van der Waals surface area contributed by atoms with Gasteiger partial charge in [0.2, 0.25) is 0 Å². The van der Waals surface area contributed by atoms with E-state index in [1.165, 1.54) is 0 Å². The zero-order valence-electron chi connectivity index (χ0n) is 4.78. The van der Waals surface area contributed by atoms with E-state index in [1.54, 1.807) is 23.1 Å². The van der Waals surface area contributed by atoms with Crippen molar-refractivity contribution in [3.05, 3.63) is 11.6 Å². The van der Waals surface area contributed by atoms with Crippen LogP contribution in [0.3, 0.4) is 0 Å². The third kappa shape index (κ3) is 2.60. The highest BCUT2D eigenvalue weighted by Crippen LogP contribution is 2.19. The fourth-order valence-electron chi connectivity index (χ4n) is 0.415. The van der Waals surface area contributed by atoms with Gasteiger partial charge in [-0.05, 0) is 5.75 Å². The van der Waals surface area contributed by atoms with Gasteiger partial charge in [-0.15, -0.1) is 11.3 Å². The van der Waals surface area contributed by atoms with E-state index in [0.29, 0.717) is 0 Å². The summed E-state index contributed by atoms with van der Waals surface area (Å²) in [5, 5.41) is 1.99. The maximum absolute atomic E-state index is 4.10. The van der Waals surface area contributed by atoms with Crippen LogP contribution in [-0.4, -0.2) is 16.5 Å². The largest absolute Gasteiger partial charge is 0.238 e. The van der Waals surface area contributed by atoms with Gasteiger partial charge in [0.15, 0.2) is 0 Å². The standard InChI is InChI=1S/C5H7NS3/c7-2-4-9-5-6-1-3-8-5/h1,3,7H,2,4H2. The number of aromatic nitrogens is 1. The fraction of sp³-hybridized carbons (Fsp3) is 0.400. The predicted molar refractivity (Wildman–Crippen MR) is 46.7 cm³/mol. The molecule has 0 fully saturated rings. The topological polar surface area (TPSA) is 12.9 Å². The Balaban J connectivity index is 2.30. The summed E-state index contributed by atoms with van der Waals surface area (Å²) in [6, 6.07) is 0. The molecule has 0 atom stereocenters. The average molecular weight is 177 g/mol. The molecule has 0 radical (unpaired) electrons. The van der Waals surface area contributed by atoms with Crippen molar-refractivity contribution in [1.82, 2.24) is 4.98 Å². The van der Waals surface area contributed by atoms with Gasteiger partial charge in [-0.25, -0.2) is 4.98 Å². The Morgan fingerprint density at radius 1 is 1.78 bits per heavy atom. The fourth-order valence-corrected chi connectivity index (χ4v) is 2.14. The van der Waals surface area contributed by atoms with Crippen molar-refractivity contribution in [3.63, 3.8) is 0 Å². The number of thiazole rings is 1. The van der Waals surface area contributed by atoms with Gasteiger partial charge in [0.1, 0.15) is 4.34 Å². The van der Waals surface area contributed by atoms with E-state index in [2.05, 4.69) is 17.6 Å². The number of thioether (sulfide) groups is 1. The van der Waals surface area contributed by atoms with Crippen LogP contribution in [0.4, 0.5) is 0 Å². The first-order chi connectivity index (χ1) is 4.43. The molecule has 0 spiro atoms. The third-order valence-electron chi connectivity index (χ3n) is 0.726. The first kappa shape index (κ1) is 7.44. The summed E-state index contributed by atoms with van der Waals surface area (Å²) in [5.41, 5.74) is 0. The van der Waals surface area contributed by atoms with Crippen molar-refractivity contribution in [1.29, 1.82) is 0 Å². The molecular weight excluding hydrogens is 170 g/mol. The molecule has 50 valence electrons. The van der Waals surface area contributed by atoms with Gasteiger partial charge in [-0.1, -0.05) is 11.8 Å². The molecule has 0 unspecified atom stereocenters. The third-order valence-corrected chi connectivity index (χ3v) is 3.22. The van der Waals surface area contributed by atoms with E-state index in [0.717, 1.165) is 15.8 Å². The van der Waals surface area contributed by atoms with Gasteiger partial charge in [-0.3, -0.25) is 0 Å². The number of rotatable bonds is 3. The summed E-state index contributed by atoms with van der Waals surface area (Å²) in [4.78, 5) is 4.10. The molecule has 0 saturated heterocycles. The van der Waals surface area contributed by atoms with Crippen LogP contribution >= 0.6 is 35.7 Å². The minimum atomic E-state index is 0.921. The maximum atomic E-state index is 4.10. The normalized spacial score (nSPS) is 9.89. The summed E-state index contributed by atoms with van der Waals surface area (Å²) < 4.78 is 1.14. The highest BCUT2D eigenvalue weighted by molar-refractivity contribution is 8.01. The van der Waals surface area contributed by atoms with E-state index < -0.39 is 0 Å². The minimum absolute atomic E-state index is 0.921. The van der Waals surface area contributed by atoms with Crippen molar-refractivity contribution in [2.75, 3.05) is 11.5 Å². The van der Waals surface area contributed by atoms with Gasteiger partial charge < -0.3 is 0 Å². The summed E-state index contributed by atoms with van der Waals surface area (Å²) in [6.45, 7) is 0. The van der Waals surface area contributed by atoms with Gasteiger partial charge >= 0.3 is 0 Å². The van der Waals surface area contributed by atoms with Gasteiger partial charge in [0.25, 0.3) is 0 Å². The zero-order chi connectivity index (χ0) is 6.53.